The summed E-state index contributed by atoms with van der Waals surface area (Å²) in [4.78, 5) is 13.3. The fourth-order valence-electron chi connectivity index (χ4n) is 10.6. The Balaban J connectivity index is 1.57. The lowest BCUT2D eigenvalue weighted by molar-refractivity contribution is -0.359. The molecular formula is C71H123NO13. The Hall–Kier alpha value is -3.09. The standard InChI is InChI=1S/C71H123NO13/c1-3-5-7-9-11-13-15-17-18-19-20-21-22-23-24-25-26-27-28-29-30-31-32-33-34-35-36-37-38-39-40-41-42-43-45-47-49-51-53-55-63(76)72-59(60(75)54-52-50-48-46-44-16-14-12-10-8-6-4-2)58-82-70-68(81)66(79)69(62(57-74)84-70)85-71-67(80)65(78)64(77)61(56-73)83-71/h5,7,11,13,17-18,20-21,23-24,26-27,29-30,52,54,59-62,64-71,73-75,77-81H,3-4,6,8-10,12,14-16,19,22,25,28,31-51,53,55-58H2,1-2H3,(H,72,76)/b7-5-,13-11-,18-17-,21-20-,24-23-,27-26-,30-29-,54-52+. The Bertz CT molecular complexity index is 1800. The second-order valence-electron chi connectivity index (χ2n) is 23.6. The maximum Gasteiger partial charge on any atom is 0.220 e. The van der Waals surface area contributed by atoms with Crippen molar-refractivity contribution >= 4 is 5.91 Å². The molecule has 2 aliphatic heterocycles. The molecule has 0 aromatic heterocycles. The van der Waals surface area contributed by atoms with Crippen LogP contribution in [0.2, 0.25) is 0 Å². The maximum atomic E-state index is 13.3. The molecule has 85 heavy (non-hydrogen) atoms. The molecule has 2 rings (SSSR count). The molecule has 2 saturated heterocycles. The molecule has 1 amide bonds. The number of aliphatic hydroxyl groups is 8. The average Bonchev–Trinajstić information content (AvgIpc) is 3.60. The van der Waals surface area contributed by atoms with Gasteiger partial charge < -0.3 is 65.1 Å². The Morgan fingerprint density at radius 3 is 1.25 bits per heavy atom. The van der Waals surface area contributed by atoms with Crippen molar-refractivity contribution in [3.63, 3.8) is 0 Å². The number of aliphatic hydroxyl groups excluding tert-OH is 8. The Labute approximate surface area is 515 Å². The molecule has 0 spiro atoms. The number of amides is 1. The minimum absolute atomic E-state index is 0.241. The Morgan fingerprint density at radius 2 is 0.812 bits per heavy atom. The van der Waals surface area contributed by atoms with E-state index in [4.69, 9.17) is 18.9 Å². The van der Waals surface area contributed by atoms with Gasteiger partial charge in [-0.05, 0) is 77.0 Å². The van der Waals surface area contributed by atoms with Crippen molar-refractivity contribution in [1.29, 1.82) is 0 Å². The summed E-state index contributed by atoms with van der Waals surface area (Å²) in [5.41, 5.74) is 0. The van der Waals surface area contributed by atoms with E-state index in [9.17, 15) is 45.6 Å². The monoisotopic (exact) mass is 1200 g/mol. The number of hydrogen-bond donors (Lipinski definition) is 9. The molecule has 0 aromatic carbocycles. The van der Waals surface area contributed by atoms with E-state index >= 15 is 0 Å². The highest BCUT2D eigenvalue weighted by atomic mass is 16.7. The van der Waals surface area contributed by atoms with Crippen molar-refractivity contribution in [3.05, 3.63) is 97.2 Å². The van der Waals surface area contributed by atoms with Gasteiger partial charge in [0.2, 0.25) is 5.91 Å². The zero-order valence-electron chi connectivity index (χ0n) is 53.1. The van der Waals surface area contributed by atoms with Gasteiger partial charge in [0.25, 0.3) is 0 Å². The number of carbonyl (C=O) groups is 1. The molecule has 0 saturated carbocycles. The minimum atomic E-state index is -1.79. The molecule has 14 heteroatoms. The van der Waals surface area contributed by atoms with Crippen molar-refractivity contribution in [3.8, 4) is 0 Å². The summed E-state index contributed by atoms with van der Waals surface area (Å²) < 4.78 is 22.8. The highest BCUT2D eigenvalue weighted by molar-refractivity contribution is 5.76. The van der Waals surface area contributed by atoms with Gasteiger partial charge in [-0.25, -0.2) is 0 Å². The number of unbranched alkanes of at least 4 members (excludes halogenated alkanes) is 27. The summed E-state index contributed by atoms with van der Waals surface area (Å²) in [6.45, 7) is 2.67. The molecule has 12 atom stereocenters. The minimum Gasteiger partial charge on any atom is -0.394 e. The fraction of sp³-hybridized carbons (Fsp3) is 0.761. The Morgan fingerprint density at radius 1 is 0.435 bits per heavy atom. The summed E-state index contributed by atoms with van der Waals surface area (Å²) in [6, 6.07) is -0.917. The van der Waals surface area contributed by atoms with Crippen LogP contribution in [0.1, 0.15) is 251 Å². The third-order valence-corrected chi connectivity index (χ3v) is 16.0. The van der Waals surface area contributed by atoms with Crippen LogP contribution in [-0.4, -0.2) is 140 Å². The molecule has 0 radical (unpaired) electrons. The van der Waals surface area contributed by atoms with Crippen LogP contribution in [0.15, 0.2) is 97.2 Å². The van der Waals surface area contributed by atoms with E-state index in [1.54, 1.807) is 6.08 Å². The first kappa shape index (κ1) is 78.0. The van der Waals surface area contributed by atoms with Crippen molar-refractivity contribution in [1.82, 2.24) is 5.32 Å². The van der Waals surface area contributed by atoms with Gasteiger partial charge in [-0.15, -0.1) is 0 Å². The smallest absolute Gasteiger partial charge is 0.220 e. The largest absolute Gasteiger partial charge is 0.394 e. The summed E-state index contributed by atoms with van der Waals surface area (Å²) >= 11 is 0. The third kappa shape index (κ3) is 39.5. The fourth-order valence-corrected chi connectivity index (χ4v) is 10.6. The maximum absolute atomic E-state index is 13.3. The number of allylic oxidation sites excluding steroid dienone is 15. The van der Waals surface area contributed by atoms with Crippen molar-refractivity contribution in [2.45, 2.75) is 325 Å². The van der Waals surface area contributed by atoms with Gasteiger partial charge in [-0.1, -0.05) is 265 Å². The summed E-state index contributed by atoms with van der Waals surface area (Å²) in [7, 11) is 0. The van der Waals surface area contributed by atoms with Crippen LogP contribution in [0.4, 0.5) is 0 Å². The zero-order chi connectivity index (χ0) is 61.6. The lowest BCUT2D eigenvalue weighted by Gasteiger charge is -2.46. The van der Waals surface area contributed by atoms with Gasteiger partial charge in [0, 0.05) is 6.42 Å². The number of hydrogen-bond acceptors (Lipinski definition) is 13. The van der Waals surface area contributed by atoms with Gasteiger partial charge >= 0.3 is 0 Å². The van der Waals surface area contributed by atoms with Crippen LogP contribution >= 0.6 is 0 Å². The van der Waals surface area contributed by atoms with E-state index in [-0.39, 0.29) is 18.9 Å². The zero-order valence-corrected chi connectivity index (χ0v) is 53.1. The topological polar surface area (TPSA) is 228 Å². The second kappa shape index (κ2) is 55.0. The number of carbonyl (C=O) groups excluding carboxylic acids is 1. The normalized spacial score (nSPS) is 24.2. The van der Waals surface area contributed by atoms with Crippen LogP contribution in [0.3, 0.4) is 0 Å². The number of nitrogens with one attached hydrogen (secondary N) is 1. The van der Waals surface area contributed by atoms with E-state index in [1.165, 1.54) is 141 Å². The van der Waals surface area contributed by atoms with E-state index in [2.05, 4.69) is 104 Å². The summed E-state index contributed by atoms with van der Waals surface area (Å²) in [6.07, 6.45) is 60.5. The third-order valence-electron chi connectivity index (χ3n) is 16.0. The van der Waals surface area contributed by atoms with Crippen molar-refractivity contribution < 1.29 is 64.6 Å². The molecule has 2 heterocycles. The molecule has 9 N–H and O–H groups in total. The van der Waals surface area contributed by atoms with E-state index < -0.39 is 86.8 Å². The number of ether oxygens (including phenoxy) is 4. The Kier molecular flexibility index (Phi) is 50.5. The molecule has 14 nitrogen and oxygen atoms in total. The number of rotatable bonds is 54. The first-order valence-electron chi connectivity index (χ1n) is 34.0. The molecule has 0 aliphatic carbocycles. The SMILES string of the molecule is CC/C=C\C/C=C\C/C=C\C/C=C\C/C=C\C/C=C\C/C=C\CCCCCCCCCCCCCCCCCCCC(=O)NC(COC1OC(CO)C(OC2OC(CO)C(O)C(O)C2O)C(O)C1O)C(O)/C=C/CCCCCCCCCCCC. The molecule has 2 aliphatic rings. The van der Waals surface area contributed by atoms with Crippen LogP contribution in [0.5, 0.6) is 0 Å². The summed E-state index contributed by atoms with van der Waals surface area (Å²) in [5.74, 6) is -0.241. The van der Waals surface area contributed by atoms with Gasteiger partial charge in [0.05, 0.1) is 32.0 Å². The predicted octanol–water partition coefficient (Wildman–Crippen LogP) is 13.4. The van der Waals surface area contributed by atoms with Crippen molar-refractivity contribution in [2.24, 2.45) is 0 Å². The van der Waals surface area contributed by atoms with E-state index in [0.717, 1.165) is 83.5 Å². The molecule has 2 fully saturated rings. The molecule has 0 bridgehead atoms. The highest BCUT2D eigenvalue weighted by Crippen LogP contribution is 2.30. The van der Waals surface area contributed by atoms with Gasteiger partial charge in [0.15, 0.2) is 12.6 Å². The van der Waals surface area contributed by atoms with Crippen molar-refractivity contribution in [2.75, 3.05) is 19.8 Å². The van der Waals surface area contributed by atoms with E-state index in [1.807, 2.05) is 6.08 Å². The molecule has 490 valence electrons. The van der Waals surface area contributed by atoms with Gasteiger partial charge in [0.1, 0.15) is 48.8 Å². The van der Waals surface area contributed by atoms with Gasteiger partial charge in [-0.2, -0.15) is 0 Å². The predicted molar refractivity (Wildman–Crippen MR) is 346 cm³/mol. The van der Waals surface area contributed by atoms with Crippen LogP contribution < -0.4 is 5.32 Å². The van der Waals surface area contributed by atoms with Gasteiger partial charge in [-0.3, -0.25) is 4.79 Å². The lowest BCUT2D eigenvalue weighted by atomic mass is 9.97. The average molecular weight is 1200 g/mol. The molecular weight excluding hydrogens is 1070 g/mol. The van der Waals surface area contributed by atoms with Crippen LogP contribution in [0, 0.1) is 0 Å². The first-order chi connectivity index (χ1) is 41.6. The molecule has 12 unspecified atom stereocenters. The quantitative estimate of drug-likeness (QED) is 0.0204. The first-order valence-corrected chi connectivity index (χ1v) is 34.0. The van der Waals surface area contributed by atoms with Crippen LogP contribution in [0.25, 0.3) is 0 Å². The second-order valence-corrected chi connectivity index (χ2v) is 23.6. The summed E-state index contributed by atoms with van der Waals surface area (Å²) in [5, 5.41) is 87.1. The van der Waals surface area contributed by atoms with Crippen LogP contribution in [-0.2, 0) is 23.7 Å². The lowest BCUT2D eigenvalue weighted by Crippen LogP contribution is -2.65. The molecule has 0 aromatic rings. The highest BCUT2D eigenvalue weighted by Gasteiger charge is 2.51. The van der Waals surface area contributed by atoms with E-state index in [0.29, 0.717) is 6.42 Å².